The summed E-state index contributed by atoms with van der Waals surface area (Å²) in [5.74, 6) is -1.79. The summed E-state index contributed by atoms with van der Waals surface area (Å²) in [6, 6.07) is 17.0. The molecule has 0 atom stereocenters. The number of halogens is 2. The predicted molar refractivity (Wildman–Crippen MR) is 135 cm³/mol. The second kappa shape index (κ2) is 9.67. The van der Waals surface area contributed by atoms with Crippen LogP contribution in [0.3, 0.4) is 0 Å². The van der Waals surface area contributed by atoms with E-state index >= 15 is 0 Å². The zero-order valence-corrected chi connectivity index (χ0v) is 19.4. The van der Waals surface area contributed by atoms with Crippen molar-refractivity contribution in [2.75, 3.05) is 47.0 Å². The van der Waals surface area contributed by atoms with Gasteiger partial charge in [0.25, 0.3) is 0 Å². The Balaban J connectivity index is 1.24. The Bertz CT molecular complexity index is 1320. The first-order chi connectivity index (χ1) is 17.0. The van der Waals surface area contributed by atoms with Crippen LogP contribution in [-0.2, 0) is 0 Å². The van der Waals surface area contributed by atoms with Crippen molar-refractivity contribution in [2.45, 2.75) is 0 Å². The van der Waals surface area contributed by atoms with Gasteiger partial charge in [0.2, 0.25) is 5.78 Å². The van der Waals surface area contributed by atoms with Crippen LogP contribution in [0.4, 0.5) is 36.9 Å². The molecule has 0 radical (unpaired) electrons. The maximum atomic E-state index is 14.0. The summed E-state index contributed by atoms with van der Waals surface area (Å²) >= 11 is 0.953. The van der Waals surface area contributed by atoms with Crippen LogP contribution in [0.5, 0.6) is 0 Å². The number of nitrogens with zero attached hydrogens (tertiary/aromatic N) is 4. The highest BCUT2D eigenvalue weighted by molar-refractivity contribution is 7.18. The molecule has 1 saturated heterocycles. The number of carbonyl (C=O) groups excluding carboxylic acids is 1. The van der Waals surface area contributed by atoms with Crippen molar-refractivity contribution in [3.8, 4) is 0 Å². The predicted octanol–water partition coefficient (Wildman–Crippen LogP) is 4.70. The number of carbonyl (C=O) groups is 1. The minimum Gasteiger partial charge on any atom is -0.382 e. The average Bonchev–Trinajstić information content (AvgIpc) is 3.25. The lowest BCUT2D eigenvalue weighted by atomic mass is 10.1. The molecule has 0 amide bonds. The molecule has 0 unspecified atom stereocenters. The van der Waals surface area contributed by atoms with Gasteiger partial charge >= 0.3 is 0 Å². The number of rotatable bonds is 6. The molecule has 5 rings (SSSR count). The number of hydrogen-bond acceptors (Lipinski definition) is 8. The van der Waals surface area contributed by atoms with E-state index in [2.05, 4.69) is 25.1 Å². The summed E-state index contributed by atoms with van der Waals surface area (Å²) in [6.07, 6.45) is 1.81. The zero-order chi connectivity index (χ0) is 24.4. The van der Waals surface area contributed by atoms with Gasteiger partial charge in [0, 0.05) is 43.8 Å². The number of benzene rings is 2. The van der Waals surface area contributed by atoms with E-state index in [-0.39, 0.29) is 10.7 Å². The van der Waals surface area contributed by atoms with E-state index < -0.39 is 23.0 Å². The number of piperazine rings is 1. The molecule has 4 aromatic rings. The van der Waals surface area contributed by atoms with Gasteiger partial charge in [0.05, 0.1) is 5.56 Å². The van der Waals surface area contributed by atoms with E-state index in [4.69, 9.17) is 5.73 Å². The lowest BCUT2D eigenvalue weighted by Gasteiger charge is -2.36. The Labute approximate surface area is 204 Å². The smallest absolute Gasteiger partial charge is 0.212 e. The van der Waals surface area contributed by atoms with Gasteiger partial charge in [0.1, 0.15) is 28.1 Å². The van der Waals surface area contributed by atoms with Crippen LogP contribution in [0.25, 0.3) is 0 Å². The van der Waals surface area contributed by atoms with Crippen LogP contribution in [0.2, 0.25) is 0 Å². The molecule has 178 valence electrons. The van der Waals surface area contributed by atoms with Crippen LogP contribution in [-0.4, -0.2) is 41.9 Å². The number of ketones is 1. The standard InChI is InChI=1S/C25H22F2N6OS/c26-18-4-3-5-19(27)21(18)22(34)23-24(28)31-25(35-23)30-16-7-9-17(10-8-16)32-12-14-33(15-13-32)20-6-1-2-11-29-20/h1-11H,12-15,28H2,(H,30,31). The Morgan fingerprint density at radius 3 is 2.26 bits per heavy atom. The third kappa shape index (κ3) is 4.78. The van der Waals surface area contributed by atoms with Gasteiger partial charge < -0.3 is 20.9 Å². The molecule has 0 bridgehead atoms. The minimum absolute atomic E-state index is 0.0149. The normalized spacial score (nSPS) is 13.7. The SMILES string of the molecule is Nc1nc(Nc2ccc(N3CCN(c4ccccn4)CC3)cc2)sc1C(=O)c1c(F)cccc1F. The van der Waals surface area contributed by atoms with Crippen molar-refractivity contribution in [1.82, 2.24) is 9.97 Å². The van der Waals surface area contributed by atoms with E-state index in [1.165, 1.54) is 6.07 Å². The number of hydrogen-bond donors (Lipinski definition) is 2. The first kappa shape index (κ1) is 22.7. The summed E-state index contributed by atoms with van der Waals surface area (Å²) < 4.78 is 28.1. The van der Waals surface area contributed by atoms with Gasteiger partial charge in [-0.2, -0.15) is 0 Å². The number of nitrogen functional groups attached to an aromatic ring is 1. The Morgan fingerprint density at radius 2 is 1.60 bits per heavy atom. The average molecular weight is 493 g/mol. The summed E-state index contributed by atoms with van der Waals surface area (Å²) in [4.78, 5) is 25.8. The third-order valence-corrected chi connectivity index (χ3v) is 6.77. The number of aromatic nitrogens is 2. The molecule has 3 N–H and O–H groups in total. The highest BCUT2D eigenvalue weighted by atomic mass is 32.1. The van der Waals surface area contributed by atoms with Crippen LogP contribution in [0, 0.1) is 11.6 Å². The molecule has 2 aromatic heterocycles. The van der Waals surface area contributed by atoms with Gasteiger partial charge in [-0.25, -0.2) is 18.7 Å². The molecule has 0 aliphatic carbocycles. The molecular weight excluding hydrogens is 470 g/mol. The fourth-order valence-electron chi connectivity index (χ4n) is 3.99. The van der Waals surface area contributed by atoms with Crippen molar-refractivity contribution in [3.05, 3.63) is 88.9 Å². The van der Waals surface area contributed by atoms with E-state index in [0.29, 0.717) is 5.13 Å². The van der Waals surface area contributed by atoms with E-state index in [9.17, 15) is 13.6 Å². The zero-order valence-electron chi connectivity index (χ0n) is 18.6. The van der Waals surface area contributed by atoms with Crippen molar-refractivity contribution < 1.29 is 13.6 Å². The van der Waals surface area contributed by atoms with Crippen LogP contribution in [0.15, 0.2) is 66.9 Å². The topological polar surface area (TPSA) is 87.4 Å². The number of nitrogens with two attached hydrogens (primary N) is 1. The highest BCUT2D eigenvalue weighted by Gasteiger charge is 2.24. The first-order valence-electron chi connectivity index (χ1n) is 11.0. The molecule has 2 aromatic carbocycles. The van der Waals surface area contributed by atoms with Crippen molar-refractivity contribution in [2.24, 2.45) is 0 Å². The van der Waals surface area contributed by atoms with Crippen molar-refractivity contribution in [1.29, 1.82) is 0 Å². The van der Waals surface area contributed by atoms with Crippen LogP contribution in [0.1, 0.15) is 15.2 Å². The molecule has 0 spiro atoms. The Morgan fingerprint density at radius 1 is 0.914 bits per heavy atom. The summed E-state index contributed by atoms with van der Waals surface area (Å²) in [6.45, 7) is 3.53. The van der Waals surface area contributed by atoms with E-state index in [1.807, 2.05) is 42.5 Å². The monoisotopic (exact) mass is 492 g/mol. The van der Waals surface area contributed by atoms with Gasteiger partial charge in [-0.3, -0.25) is 4.79 Å². The molecule has 3 heterocycles. The maximum Gasteiger partial charge on any atom is 0.212 e. The van der Waals surface area contributed by atoms with E-state index in [0.717, 1.165) is 66.8 Å². The van der Waals surface area contributed by atoms with Crippen molar-refractivity contribution in [3.63, 3.8) is 0 Å². The molecule has 1 fully saturated rings. The summed E-state index contributed by atoms with van der Waals surface area (Å²) in [5, 5.41) is 3.47. The number of anilines is 5. The highest BCUT2D eigenvalue weighted by Crippen LogP contribution is 2.31. The minimum atomic E-state index is -0.936. The summed E-state index contributed by atoms with van der Waals surface area (Å²) in [7, 11) is 0. The van der Waals surface area contributed by atoms with Crippen LogP contribution >= 0.6 is 11.3 Å². The molecule has 10 heteroatoms. The molecule has 1 aliphatic heterocycles. The van der Waals surface area contributed by atoms with Gasteiger partial charge in [-0.15, -0.1) is 0 Å². The van der Waals surface area contributed by atoms with Crippen LogP contribution < -0.4 is 20.9 Å². The molecule has 7 nitrogen and oxygen atoms in total. The number of nitrogens with one attached hydrogen (secondary N) is 1. The second-order valence-electron chi connectivity index (χ2n) is 7.99. The molecule has 0 saturated carbocycles. The fourth-order valence-corrected chi connectivity index (χ4v) is 4.84. The molecule has 35 heavy (non-hydrogen) atoms. The maximum absolute atomic E-state index is 14.0. The fraction of sp³-hybridized carbons (Fsp3) is 0.160. The lowest BCUT2D eigenvalue weighted by molar-refractivity contribution is 0.103. The quantitative estimate of drug-likeness (QED) is 0.377. The third-order valence-electron chi connectivity index (χ3n) is 5.79. The molecular formula is C25H22F2N6OS. The second-order valence-corrected chi connectivity index (χ2v) is 8.99. The largest absolute Gasteiger partial charge is 0.382 e. The summed E-state index contributed by atoms with van der Waals surface area (Å²) in [5.41, 5.74) is 7.10. The van der Waals surface area contributed by atoms with Gasteiger partial charge in [-0.05, 0) is 48.5 Å². The lowest BCUT2D eigenvalue weighted by Crippen LogP contribution is -2.46. The van der Waals surface area contributed by atoms with Crippen molar-refractivity contribution >= 4 is 45.3 Å². The number of pyridine rings is 1. The van der Waals surface area contributed by atoms with Gasteiger partial charge in [0.15, 0.2) is 5.13 Å². The Hall–Kier alpha value is -4.05. The Kier molecular flexibility index (Phi) is 6.28. The molecule has 1 aliphatic rings. The van der Waals surface area contributed by atoms with E-state index in [1.54, 1.807) is 6.20 Å². The number of thiazole rings is 1. The first-order valence-corrected chi connectivity index (χ1v) is 11.8. The van der Waals surface area contributed by atoms with Gasteiger partial charge in [-0.1, -0.05) is 23.5 Å².